The number of carbonyl (C=O) groups is 1. The quantitative estimate of drug-likeness (QED) is 0.673. The van der Waals surface area contributed by atoms with Gasteiger partial charge in [-0.2, -0.15) is 4.68 Å². The first-order valence-corrected chi connectivity index (χ1v) is 8.00. The first-order chi connectivity index (χ1) is 10.1. The minimum Gasteiger partial charge on any atom is -0.322 e. The van der Waals surface area contributed by atoms with Gasteiger partial charge in [-0.25, -0.2) is 0 Å². The Kier molecular flexibility index (Phi) is 3.97. The second-order valence-corrected chi connectivity index (χ2v) is 7.09. The van der Waals surface area contributed by atoms with Gasteiger partial charge in [0.05, 0.1) is 14.1 Å². The van der Waals surface area contributed by atoms with Crippen LogP contribution in [-0.2, 0) is 0 Å². The third-order valence-corrected chi connectivity index (χ3v) is 4.59. The molecule has 0 unspecified atom stereocenters. The Morgan fingerprint density at radius 2 is 2.24 bits per heavy atom. The van der Waals surface area contributed by atoms with Crippen LogP contribution in [0.15, 0.2) is 35.7 Å². The second-order valence-electron chi connectivity index (χ2n) is 4.28. The van der Waals surface area contributed by atoms with Crippen LogP contribution in [0.2, 0.25) is 0 Å². The van der Waals surface area contributed by atoms with Gasteiger partial charge in [0.2, 0.25) is 0 Å². The maximum atomic E-state index is 12.1. The summed E-state index contributed by atoms with van der Waals surface area (Å²) in [5.41, 5.74) is 2.16. The van der Waals surface area contributed by atoms with E-state index in [1.165, 1.54) is 0 Å². The lowest BCUT2D eigenvalue weighted by Gasteiger charge is -2.07. The van der Waals surface area contributed by atoms with Gasteiger partial charge in [-0.05, 0) is 64.2 Å². The van der Waals surface area contributed by atoms with Crippen molar-refractivity contribution in [3.63, 3.8) is 0 Å². The highest BCUT2D eigenvalue weighted by atomic mass is 127. The summed E-state index contributed by atoms with van der Waals surface area (Å²) in [6.07, 6.45) is 0. The highest BCUT2D eigenvalue weighted by molar-refractivity contribution is 14.1. The van der Waals surface area contributed by atoms with Crippen LogP contribution < -0.4 is 5.32 Å². The summed E-state index contributed by atoms with van der Waals surface area (Å²) in [5, 5.41) is 16.1. The molecule has 0 saturated carbocycles. The fourth-order valence-electron chi connectivity index (χ4n) is 1.82. The van der Waals surface area contributed by atoms with Crippen molar-refractivity contribution in [3.05, 3.63) is 50.0 Å². The maximum absolute atomic E-state index is 12.1. The SMILES string of the molecule is Cc1nnnn1-c1cccc(NC(=O)c2csc(I)c2)c1. The lowest BCUT2D eigenvalue weighted by molar-refractivity contribution is 0.102. The average molecular weight is 411 g/mol. The van der Waals surface area contributed by atoms with Crippen molar-refractivity contribution in [1.82, 2.24) is 20.2 Å². The number of aromatic nitrogens is 4. The highest BCUT2D eigenvalue weighted by Gasteiger charge is 2.09. The van der Waals surface area contributed by atoms with Gasteiger partial charge in [0.1, 0.15) is 0 Å². The molecule has 0 aliphatic carbocycles. The molecule has 8 heteroatoms. The molecule has 1 amide bonds. The van der Waals surface area contributed by atoms with Crippen molar-refractivity contribution in [2.24, 2.45) is 0 Å². The Balaban J connectivity index is 1.84. The summed E-state index contributed by atoms with van der Waals surface area (Å²) < 4.78 is 2.69. The Labute approximate surface area is 138 Å². The fourth-order valence-corrected chi connectivity index (χ4v) is 3.14. The summed E-state index contributed by atoms with van der Waals surface area (Å²) in [4.78, 5) is 12.1. The van der Waals surface area contributed by atoms with Crippen LogP contribution in [0.5, 0.6) is 0 Å². The normalized spacial score (nSPS) is 10.6. The smallest absolute Gasteiger partial charge is 0.256 e. The van der Waals surface area contributed by atoms with Crippen molar-refractivity contribution in [2.75, 3.05) is 5.32 Å². The third kappa shape index (κ3) is 3.10. The molecule has 3 rings (SSSR count). The lowest BCUT2D eigenvalue weighted by Crippen LogP contribution is -2.11. The summed E-state index contributed by atoms with van der Waals surface area (Å²) >= 11 is 3.74. The molecule has 21 heavy (non-hydrogen) atoms. The van der Waals surface area contributed by atoms with Crippen LogP contribution in [0, 0.1) is 9.81 Å². The Bertz CT molecular complexity index is 797. The molecular formula is C13H10IN5OS. The van der Waals surface area contributed by atoms with Gasteiger partial charge in [0.25, 0.3) is 5.91 Å². The van der Waals surface area contributed by atoms with Crippen LogP contribution in [0.3, 0.4) is 0 Å². The van der Waals surface area contributed by atoms with E-state index in [1.807, 2.05) is 42.6 Å². The zero-order valence-electron chi connectivity index (χ0n) is 10.9. The molecule has 0 saturated heterocycles. The number of nitrogens with zero attached hydrogens (tertiary/aromatic N) is 4. The van der Waals surface area contributed by atoms with E-state index in [1.54, 1.807) is 16.0 Å². The second kappa shape index (κ2) is 5.90. The molecule has 0 radical (unpaired) electrons. The number of hydrogen-bond acceptors (Lipinski definition) is 5. The van der Waals surface area contributed by atoms with Gasteiger partial charge in [-0.1, -0.05) is 6.07 Å². The van der Waals surface area contributed by atoms with E-state index < -0.39 is 0 Å². The number of carbonyl (C=O) groups excluding carboxylic acids is 1. The van der Waals surface area contributed by atoms with Crippen molar-refractivity contribution in [2.45, 2.75) is 6.92 Å². The number of thiophene rings is 1. The molecular weight excluding hydrogens is 401 g/mol. The standard InChI is InChI=1S/C13H10IN5OS/c1-8-16-17-18-19(8)11-4-2-3-10(6-11)15-13(20)9-5-12(14)21-7-9/h2-7H,1H3,(H,15,20). The molecule has 2 aromatic heterocycles. The number of halogens is 1. The number of rotatable bonds is 3. The Morgan fingerprint density at radius 1 is 1.38 bits per heavy atom. The monoisotopic (exact) mass is 411 g/mol. The van der Waals surface area contributed by atoms with E-state index >= 15 is 0 Å². The largest absolute Gasteiger partial charge is 0.322 e. The number of tetrazole rings is 1. The molecule has 1 aromatic carbocycles. The molecule has 6 nitrogen and oxygen atoms in total. The summed E-state index contributed by atoms with van der Waals surface area (Å²) in [6, 6.07) is 9.25. The van der Waals surface area contributed by atoms with E-state index in [0.717, 1.165) is 8.57 Å². The summed E-state index contributed by atoms with van der Waals surface area (Å²) in [6.45, 7) is 1.82. The van der Waals surface area contributed by atoms with Crippen LogP contribution in [0.25, 0.3) is 5.69 Å². The number of hydrogen-bond donors (Lipinski definition) is 1. The van der Waals surface area contributed by atoms with Gasteiger partial charge in [-0.15, -0.1) is 16.4 Å². The molecule has 0 bridgehead atoms. The lowest BCUT2D eigenvalue weighted by atomic mass is 10.2. The maximum Gasteiger partial charge on any atom is 0.256 e. The first-order valence-electron chi connectivity index (χ1n) is 6.04. The predicted molar refractivity (Wildman–Crippen MR) is 88.9 cm³/mol. The number of anilines is 1. The van der Waals surface area contributed by atoms with E-state index in [-0.39, 0.29) is 5.91 Å². The first kappa shape index (κ1) is 14.1. The van der Waals surface area contributed by atoms with E-state index in [0.29, 0.717) is 17.1 Å². The molecule has 0 atom stereocenters. The molecule has 106 valence electrons. The molecule has 0 aliphatic rings. The molecule has 1 N–H and O–H groups in total. The molecule has 3 aromatic rings. The zero-order chi connectivity index (χ0) is 14.8. The van der Waals surface area contributed by atoms with Crippen LogP contribution in [0.1, 0.15) is 16.2 Å². The topological polar surface area (TPSA) is 72.7 Å². The highest BCUT2D eigenvalue weighted by Crippen LogP contribution is 2.19. The number of nitrogens with one attached hydrogen (secondary N) is 1. The summed E-state index contributed by atoms with van der Waals surface area (Å²) in [7, 11) is 0. The average Bonchev–Trinajstić information content (AvgIpc) is 3.08. The predicted octanol–water partition coefficient (Wildman–Crippen LogP) is 2.89. The van der Waals surface area contributed by atoms with Gasteiger partial charge >= 0.3 is 0 Å². The summed E-state index contributed by atoms with van der Waals surface area (Å²) in [5.74, 6) is 0.561. The number of amides is 1. The molecule has 2 heterocycles. The molecule has 0 fully saturated rings. The minimum atomic E-state index is -0.125. The van der Waals surface area contributed by atoms with E-state index in [9.17, 15) is 4.79 Å². The number of aryl methyl sites for hydroxylation is 1. The minimum absolute atomic E-state index is 0.125. The number of benzene rings is 1. The van der Waals surface area contributed by atoms with Gasteiger partial charge in [-0.3, -0.25) is 4.79 Å². The zero-order valence-corrected chi connectivity index (χ0v) is 13.9. The van der Waals surface area contributed by atoms with E-state index in [2.05, 4.69) is 43.4 Å². The van der Waals surface area contributed by atoms with Crippen molar-refractivity contribution in [1.29, 1.82) is 0 Å². The van der Waals surface area contributed by atoms with Gasteiger partial charge in [0.15, 0.2) is 5.82 Å². The fraction of sp³-hybridized carbons (Fsp3) is 0.0769. The van der Waals surface area contributed by atoms with Crippen LogP contribution in [-0.4, -0.2) is 26.1 Å². The van der Waals surface area contributed by atoms with Crippen molar-refractivity contribution in [3.8, 4) is 5.69 Å². The van der Waals surface area contributed by atoms with Gasteiger partial charge in [0, 0.05) is 11.1 Å². The van der Waals surface area contributed by atoms with Crippen LogP contribution >= 0.6 is 33.9 Å². The Morgan fingerprint density at radius 3 is 2.90 bits per heavy atom. The van der Waals surface area contributed by atoms with E-state index in [4.69, 9.17) is 0 Å². The molecule has 0 aliphatic heterocycles. The molecule has 0 spiro atoms. The van der Waals surface area contributed by atoms with Crippen molar-refractivity contribution >= 4 is 45.5 Å². The third-order valence-electron chi connectivity index (χ3n) is 2.80. The van der Waals surface area contributed by atoms with Gasteiger partial charge < -0.3 is 5.32 Å². The van der Waals surface area contributed by atoms with Crippen molar-refractivity contribution < 1.29 is 4.79 Å². The Hall–Kier alpha value is -1.81. The van der Waals surface area contributed by atoms with Crippen LogP contribution in [0.4, 0.5) is 5.69 Å².